The number of carbonyl (C=O) groups is 3. The third kappa shape index (κ3) is 4.66. The van der Waals surface area contributed by atoms with Crippen molar-refractivity contribution in [1.29, 1.82) is 0 Å². The number of hydrogen-bond donors (Lipinski definition) is 1. The Balaban J connectivity index is 3.19. The summed E-state index contributed by atoms with van der Waals surface area (Å²) in [5, 5.41) is 2.55. The first-order valence-electron chi connectivity index (χ1n) is 6.56. The third-order valence-corrected chi connectivity index (χ3v) is 2.90. The second-order valence-electron chi connectivity index (χ2n) is 4.57. The van der Waals surface area contributed by atoms with Crippen molar-refractivity contribution in [2.75, 3.05) is 6.61 Å². The van der Waals surface area contributed by atoms with Crippen LogP contribution in [0.5, 0.6) is 0 Å². The summed E-state index contributed by atoms with van der Waals surface area (Å²) in [7, 11) is 0. The maximum absolute atomic E-state index is 13.0. The standard InChI is InChI=1S/C15H18FNO4/c1-4-21-15(20)13(9(2)18)14(17-10(3)19)11-5-7-12(16)8-6-11/h5-8,13-14H,4H2,1-3H3,(H,17,19). The Morgan fingerprint density at radius 3 is 2.19 bits per heavy atom. The van der Waals surface area contributed by atoms with E-state index in [-0.39, 0.29) is 6.61 Å². The van der Waals surface area contributed by atoms with Crippen LogP contribution in [0.2, 0.25) is 0 Å². The van der Waals surface area contributed by atoms with Crippen LogP contribution in [-0.2, 0) is 19.1 Å². The molecule has 6 heteroatoms. The van der Waals surface area contributed by atoms with E-state index in [1.807, 2.05) is 0 Å². The first-order chi connectivity index (χ1) is 9.86. The molecule has 0 saturated heterocycles. The van der Waals surface area contributed by atoms with E-state index >= 15 is 0 Å². The molecule has 5 nitrogen and oxygen atoms in total. The maximum Gasteiger partial charge on any atom is 0.318 e. The molecule has 0 aromatic heterocycles. The molecular weight excluding hydrogens is 277 g/mol. The maximum atomic E-state index is 13.0. The second kappa shape index (κ2) is 7.52. The summed E-state index contributed by atoms with van der Waals surface area (Å²) in [6.07, 6.45) is 0. The van der Waals surface area contributed by atoms with Gasteiger partial charge in [0.05, 0.1) is 12.6 Å². The SMILES string of the molecule is CCOC(=O)C(C(C)=O)C(NC(C)=O)c1ccc(F)cc1. The zero-order valence-electron chi connectivity index (χ0n) is 12.2. The van der Waals surface area contributed by atoms with Crippen molar-refractivity contribution in [3.8, 4) is 0 Å². The molecule has 114 valence electrons. The van der Waals surface area contributed by atoms with Crippen LogP contribution >= 0.6 is 0 Å². The molecule has 1 rings (SSSR count). The highest BCUT2D eigenvalue weighted by molar-refractivity contribution is 5.99. The van der Waals surface area contributed by atoms with Crippen molar-refractivity contribution < 1.29 is 23.5 Å². The molecule has 2 atom stereocenters. The predicted octanol–water partition coefficient (Wildman–Crippen LogP) is 1.77. The van der Waals surface area contributed by atoms with Gasteiger partial charge in [-0.25, -0.2) is 4.39 Å². The molecule has 1 amide bonds. The molecule has 21 heavy (non-hydrogen) atoms. The minimum absolute atomic E-state index is 0.124. The van der Waals surface area contributed by atoms with Gasteiger partial charge in [-0.05, 0) is 31.5 Å². The summed E-state index contributed by atoms with van der Waals surface area (Å²) in [5.74, 6) is -3.17. The molecule has 1 aromatic carbocycles. The number of nitrogens with one attached hydrogen (secondary N) is 1. The van der Waals surface area contributed by atoms with Gasteiger partial charge in [-0.15, -0.1) is 0 Å². The first kappa shape index (κ1) is 16.8. The van der Waals surface area contributed by atoms with E-state index in [0.717, 1.165) is 0 Å². The Morgan fingerprint density at radius 1 is 1.19 bits per heavy atom. The highest BCUT2D eigenvalue weighted by Crippen LogP contribution is 2.25. The molecule has 0 spiro atoms. The van der Waals surface area contributed by atoms with Gasteiger partial charge in [-0.2, -0.15) is 0 Å². The van der Waals surface area contributed by atoms with Gasteiger partial charge in [0.2, 0.25) is 5.91 Å². The summed E-state index contributed by atoms with van der Waals surface area (Å²) in [6.45, 7) is 4.28. The van der Waals surface area contributed by atoms with E-state index in [1.165, 1.54) is 38.1 Å². The van der Waals surface area contributed by atoms with Gasteiger partial charge in [0.1, 0.15) is 17.5 Å². The molecule has 0 radical (unpaired) electrons. The van der Waals surface area contributed by atoms with E-state index in [4.69, 9.17) is 4.74 Å². The Morgan fingerprint density at radius 2 is 1.76 bits per heavy atom. The molecule has 2 unspecified atom stereocenters. The summed E-state index contributed by atoms with van der Waals surface area (Å²) >= 11 is 0. The summed E-state index contributed by atoms with van der Waals surface area (Å²) in [4.78, 5) is 35.1. The minimum atomic E-state index is -1.17. The topological polar surface area (TPSA) is 72.5 Å². The van der Waals surface area contributed by atoms with Crippen LogP contribution in [0.15, 0.2) is 24.3 Å². The molecule has 0 bridgehead atoms. The second-order valence-corrected chi connectivity index (χ2v) is 4.57. The van der Waals surface area contributed by atoms with E-state index < -0.39 is 35.4 Å². The van der Waals surface area contributed by atoms with Gasteiger partial charge >= 0.3 is 5.97 Å². The lowest BCUT2D eigenvalue weighted by Crippen LogP contribution is -2.40. The van der Waals surface area contributed by atoms with Crippen molar-refractivity contribution >= 4 is 17.7 Å². The van der Waals surface area contributed by atoms with Crippen molar-refractivity contribution in [1.82, 2.24) is 5.32 Å². The Kier molecular flexibility index (Phi) is 6.02. The first-order valence-corrected chi connectivity index (χ1v) is 6.56. The van der Waals surface area contributed by atoms with Crippen molar-refractivity contribution in [3.05, 3.63) is 35.6 Å². The van der Waals surface area contributed by atoms with Gasteiger partial charge in [0, 0.05) is 6.92 Å². The van der Waals surface area contributed by atoms with E-state index in [0.29, 0.717) is 5.56 Å². The van der Waals surface area contributed by atoms with Crippen LogP contribution in [0.25, 0.3) is 0 Å². The Bertz CT molecular complexity index is 527. The van der Waals surface area contributed by atoms with Gasteiger partial charge in [-0.1, -0.05) is 12.1 Å². The summed E-state index contributed by atoms with van der Waals surface area (Å²) < 4.78 is 17.9. The van der Waals surface area contributed by atoms with Crippen molar-refractivity contribution in [2.24, 2.45) is 5.92 Å². The lowest BCUT2D eigenvalue weighted by atomic mass is 9.90. The van der Waals surface area contributed by atoms with Gasteiger partial charge in [0.15, 0.2) is 0 Å². The van der Waals surface area contributed by atoms with Crippen molar-refractivity contribution in [2.45, 2.75) is 26.8 Å². The van der Waals surface area contributed by atoms with Gasteiger partial charge < -0.3 is 10.1 Å². The molecule has 0 heterocycles. The highest BCUT2D eigenvalue weighted by atomic mass is 19.1. The fourth-order valence-corrected chi connectivity index (χ4v) is 2.02. The molecular formula is C15H18FNO4. The lowest BCUT2D eigenvalue weighted by molar-refractivity contribution is -0.152. The molecule has 0 aliphatic rings. The van der Waals surface area contributed by atoms with Crippen molar-refractivity contribution in [3.63, 3.8) is 0 Å². The van der Waals surface area contributed by atoms with E-state index in [2.05, 4.69) is 5.32 Å². The summed E-state index contributed by atoms with van der Waals surface area (Å²) in [6, 6.07) is 4.36. The average Bonchev–Trinajstić information content (AvgIpc) is 2.38. The quantitative estimate of drug-likeness (QED) is 0.641. The lowest BCUT2D eigenvalue weighted by Gasteiger charge is -2.24. The number of Topliss-reactive ketones (excluding diaryl/α,β-unsaturated/α-hetero) is 1. The monoisotopic (exact) mass is 295 g/mol. The Hall–Kier alpha value is -2.24. The zero-order valence-corrected chi connectivity index (χ0v) is 12.2. The number of ketones is 1. The van der Waals surface area contributed by atoms with Gasteiger partial charge in [0.25, 0.3) is 0 Å². The van der Waals surface area contributed by atoms with Crippen LogP contribution in [0.4, 0.5) is 4.39 Å². The minimum Gasteiger partial charge on any atom is -0.465 e. The molecule has 0 saturated carbocycles. The normalized spacial score (nSPS) is 13.1. The third-order valence-electron chi connectivity index (χ3n) is 2.90. The van der Waals surface area contributed by atoms with E-state index in [9.17, 15) is 18.8 Å². The zero-order chi connectivity index (χ0) is 16.0. The number of benzene rings is 1. The number of amides is 1. The Labute approximate surface area is 122 Å². The number of hydrogen-bond acceptors (Lipinski definition) is 4. The van der Waals surface area contributed by atoms with Crippen LogP contribution in [-0.4, -0.2) is 24.3 Å². The van der Waals surface area contributed by atoms with Crippen LogP contribution < -0.4 is 5.32 Å². The van der Waals surface area contributed by atoms with Crippen LogP contribution in [0.3, 0.4) is 0 Å². The van der Waals surface area contributed by atoms with Crippen LogP contribution in [0.1, 0.15) is 32.4 Å². The summed E-state index contributed by atoms with van der Waals surface area (Å²) in [5.41, 5.74) is 0.458. The van der Waals surface area contributed by atoms with E-state index in [1.54, 1.807) is 6.92 Å². The predicted molar refractivity (Wildman–Crippen MR) is 73.8 cm³/mol. The average molecular weight is 295 g/mol. The molecule has 1 N–H and O–H groups in total. The molecule has 0 aliphatic carbocycles. The smallest absolute Gasteiger partial charge is 0.318 e. The molecule has 1 aromatic rings. The largest absolute Gasteiger partial charge is 0.465 e. The number of halogens is 1. The van der Waals surface area contributed by atoms with Gasteiger partial charge in [-0.3, -0.25) is 14.4 Å². The number of ether oxygens (including phenoxy) is 1. The number of esters is 1. The molecule has 0 fully saturated rings. The number of carbonyl (C=O) groups excluding carboxylic acids is 3. The highest BCUT2D eigenvalue weighted by Gasteiger charge is 2.35. The fourth-order valence-electron chi connectivity index (χ4n) is 2.02. The van der Waals surface area contributed by atoms with Crippen LogP contribution in [0, 0.1) is 11.7 Å². The number of rotatable bonds is 6. The molecule has 0 aliphatic heterocycles. The fraction of sp³-hybridized carbons (Fsp3) is 0.400.